The van der Waals surface area contributed by atoms with Crippen molar-refractivity contribution in [2.75, 3.05) is 0 Å². The van der Waals surface area contributed by atoms with Crippen LogP contribution < -0.4 is 10.9 Å². The second-order valence-corrected chi connectivity index (χ2v) is 7.94. The zero-order valence-electron chi connectivity index (χ0n) is 16.3. The fourth-order valence-electron chi connectivity index (χ4n) is 3.72. The molecule has 1 N–H and O–H groups in total. The molecule has 5 rings (SSSR count). The van der Waals surface area contributed by atoms with Gasteiger partial charge in [0.1, 0.15) is 51.8 Å². The highest BCUT2D eigenvalue weighted by atomic mass is 35.5. The Morgan fingerprint density at radius 2 is 1.15 bits per heavy atom. The molecule has 0 radical (unpaired) electrons. The van der Waals surface area contributed by atoms with Gasteiger partial charge in [-0.2, -0.15) is 0 Å². The third kappa shape index (κ3) is 3.20. The van der Waals surface area contributed by atoms with E-state index in [0.29, 0.717) is 0 Å². The van der Waals surface area contributed by atoms with E-state index in [-0.39, 0.29) is 54.2 Å². The molecule has 0 aliphatic carbocycles. The first-order chi connectivity index (χ1) is 15.8. The fraction of sp³-hybridized carbons (Fsp3) is 0. The van der Waals surface area contributed by atoms with Gasteiger partial charge in [-0.3, -0.25) is 9.59 Å². The van der Waals surface area contributed by atoms with E-state index < -0.39 is 28.2 Å². The number of halogens is 4. The van der Waals surface area contributed by atoms with Crippen molar-refractivity contribution in [2.45, 2.75) is 0 Å². The molecular formula is C24H10Cl2F2O5. The van der Waals surface area contributed by atoms with Crippen LogP contribution in [0.15, 0.2) is 73.4 Å². The highest BCUT2D eigenvalue weighted by molar-refractivity contribution is 6.33. The van der Waals surface area contributed by atoms with Crippen LogP contribution in [-0.2, 0) is 0 Å². The van der Waals surface area contributed by atoms with Crippen LogP contribution in [0.3, 0.4) is 0 Å². The van der Waals surface area contributed by atoms with E-state index in [9.17, 15) is 23.5 Å². The number of phenolic OH excluding ortho intramolecular Hbond substituents is 1. The Labute approximate surface area is 193 Å². The summed E-state index contributed by atoms with van der Waals surface area (Å²) in [7, 11) is 0. The van der Waals surface area contributed by atoms with Crippen molar-refractivity contribution in [1.29, 1.82) is 0 Å². The van der Waals surface area contributed by atoms with Gasteiger partial charge in [0.25, 0.3) is 0 Å². The lowest BCUT2D eigenvalue weighted by atomic mass is 10.0. The molecule has 9 heteroatoms. The lowest BCUT2D eigenvalue weighted by molar-refractivity contribution is 0.483. The van der Waals surface area contributed by atoms with Gasteiger partial charge >= 0.3 is 0 Å². The summed E-state index contributed by atoms with van der Waals surface area (Å²) in [5, 5.41) is 10.1. The first kappa shape index (κ1) is 21.2. The van der Waals surface area contributed by atoms with Crippen molar-refractivity contribution in [3.05, 3.63) is 97.1 Å². The Bertz CT molecular complexity index is 1560. The Hall–Kier alpha value is -3.68. The van der Waals surface area contributed by atoms with Gasteiger partial charge in [-0.05, 0) is 24.3 Å². The van der Waals surface area contributed by atoms with E-state index in [0.717, 1.165) is 24.7 Å². The minimum absolute atomic E-state index is 0.0436. The van der Waals surface area contributed by atoms with Crippen LogP contribution in [0.2, 0.25) is 10.0 Å². The van der Waals surface area contributed by atoms with Gasteiger partial charge in [0.15, 0.2) is 0 Å². The molecule has 0 amide bonds. The summed E-state index contributed by atoms with van der Waals surface area (Å²) in [5.74, 6) is -2.30. The van der Waals surface area contributed by atoms with Crippen molar-refractivity contribution in [2.24, 2.45) is 0 Å². The maximum absolute atomic E-state index is 14.4. The predicted molar refractivity (Wildman–Crippen MR) is 121 cm³/mol. The Morgan fingerprint density at radius 3 is 1.55 bits per heavy atom. The minimum atomic E-state index is -0.823. The average Bonchev–Trinajstić information content (AvgIpc) is 2.76. The van der Waals surface area contributed by atoms with Crippen LogP contribution in [-0.4, -0.2) is 5.11 Å². The Balaban J connectivity index is 1.88. The van der Waals surface area contributed by atoms with Gasteiger partial charge in [-0.15, -0.1) is 0 Å². The summed E-state index contributed by atoms with van der Waals surface area (Å²) in [4.78, 5) is 26.4. The Morgan fingerprint density at radius 1 is 0.727 bits per heavy atom. The van der Waals surface area contributed by atoms with Crippen molar-refractivity contribution < 1.29 is 22.7 Å². The molecule has 0 unspecified atom stereocenters. The number of rotatable bonds is 2. The Kier molecular flexibility index (Phi) is 4.96. The van der Waals surface area contributed by atoms with E-state index in [4.69, 9.17) is 32.0 Å². The molecule has 5 nitrogen and oxygen atoms in total. The number of aromatic hydroxyl groups is 1. The van der Waals surface area contributed by atoms with Gasteiger partial charge in [-0.1, -0.05) is 35.3 Å². The minimum Gasteiger partial charge on any atom is -0.506 e. The van der Waals surface area contributed by atoms with Crippen LogP contribution in [0.25, 0.3) is 44.2 Å². The number of benzene rings is 3. The first-order valence-electron chi connectivity index (χ1n) is 9.41. The van der Waals surface area contributed by atoms with Crippen LogP contribution in [0.1, 0.15) is 0 Å². The van der Waals surface area contributed by atoms with Gasteiger partial charge in [-0.25, -0.2) is 8.78 Å². The van der Waals surface area contributed by atoms with Gasteiger partial charge in [0.05, 0.1) is 21.2 Å². The van der Waals surface area contributed by atoms with Crippen molar-refractivity contribution in [3.63, 3.8) is 0 Å². The molecule has 2 heterocycles. The van der Waals surface area contributed by atoms with Gasteiger partial charge in [0, 0.05) is 17.2 Å². The molecule has 2 aromatic heterocycles. The summed E-state index contributed by atoms with van der Waals surface area (Å²) in [6.07, 6.45) is 2.01. The smallest absolute Gasteiger partial charge is 0.204 e. The number of fused-ring (bicyclic) bond motifs is 2. The lowest BCUT2D eigenvalue weighted by Crippen LogP contribution is -2.10. The molecule has 3 aromatic carbocycles. The molecule has 164 valence electrons. The molecule has 0 saturated heterocycles. The standard InChI is InChI=1S/C24H10Cl2F2O5/c25-12-3-1-5-14(27)18(12)10-8-32-16-7-17-21(24(31)20(16)22(10)29)23(30)11(9-33-17)19-13(26)4-2-6-15(19)28/h1-9,31H. The maximum atomic E-state index is 14.4. The molecule has 0 aliphatic heterocycles. The molecule has 0 aliphatic rings. The summed E-state index contributed by atoms with van der Waals surface area (Å²) in [6, 6.07) is 8.98. The largest absolute Gasteiger partial charge is 0.506 e. The van der Waals surface area contributed by atoms with E-state index in [1.807, 2.05) is 0 Å². The van der Waals surface area contributed by atoms with Crippen LogP contribution >= 0.6 is 23.2 Å². The van der Waals surface area contributed by atoms with E-state index >= 15 is 0 Å². The number of phenols is 1. The van der Waals surface area contributed by atoms with Gasteiger partial charge in [0.2, 0.25) is 10.9 Å². The number of hydrogen-bond acceptors (Lipinski definition) is 5. The zero-order valence-corrected chi connectivity index (χ0v) is 17.8. The van der Waals surface area contributed by atoms with E-state index in [1.54, 1.807) is 0 Å². The molecule has 0 saturated carbocycles. The normalized spacial score (nSPS) is 11.4. The highest BCUT2D eigenvalue weighted by Gasteiger charge is 2.23. The monoisotopic (exact) mass is 486 g/mol. The summed E-state index contributed by atoms with van der Waals surface area (Å²) < 4.78 is 39.7. The summed E-state index contributed by atoms with van der Waals surface area (Å²) in [5.41, 5.74) is -2.80. The molecule has 0 fully saturated rings. The second kappa shape index (κ2) is 7.72. The fourth-order valence-corrected chi connectivity index (χ4v) is 4.25. The average molecular weight is 487 g/mol. The zero-order chi connectivity index (χ0) is 23.4. The van der Waals surface area contributed by atoms with Crippen molar-refractivity contribution >= 4 is 45.1 Å². The molecule has 33 heavy (non-hydrogen) atoms. The summed E-state index contributed by atoms with van der Waals surface area (Å²) in [6.45, 7) is 0. The van der Waals surface area contributed by atoms with Crippen molar-refractivity contribution in [1.82, 2.24) is 0 Å². The maximum Gasteiger partial charge on any atom is 0.204 e. The van der Waals surface area contributed by atoms with E-state index in [2.05, 4.69) is 0 Å². The van der Waals surface area contributed by atoms with Crippen LogP contribution in [0.4, 0.5) is 8.78 Å². The third-order valence-corrected chi connectivity index (χ3v) is 5.87. The summed E-state index contributed by atoms with van der Waals surface area (Å²) >= 11 is 12.1. The quantitative estimate of drug-likeness (QED) is 0.287. The molecule has 0 atom stereocenters. The third-order valence-electron chi connectivity index (χ3n) is 5.24. The highest BCUT2D eigenvalue weighted by Crippen LogP contribution is 2.36. The number of hydrogen-bond donors (Lipinski definition) is 1. The van der Waals surface area contributed by atoms with Crippen LogP contribution in [0.5, 0.6) is 5.75 Å². The topological polar surface area (TPSA) is 80.7 Å². The molecule has 0 bridgehead atoms. The second-order valence-electron chi connectivity index (χ2n) is 7.12. The van der Waals surface area contributed by atoms with E-state index in [1.165, 1.54) is 30.3 Å². The molecular weight excluding hydrogens is 477 g/mol. The van der Waals surface area contributed by atoms with Gasteiger partial charge < -0.3 is 13.9 Å². The lowest BCUT2D eigenvalue weighted by Gasteiger charge is -2.10. The first-order valence-corrected chi connectivity index (χ1v) is 10.2. The van der Waals surface area contributed by atoms with Crippen molar-refractivity contribution in [3.8, 4) is 28.0 Å². The predicted octanol–water partition coefficient (Wildman–Crippen LogP) is 6.52. The SMILES string of the molecule is O=c1c(-c2c(F)cccc2Cl)coc2cc3occ(-c4c(F)cccc4Cl)c(=O)c3c(O)c12. The molecule has 5 aromatic rings. The van der Waals surface area contributed by atoms with Crippen LogP contribution in [0, 0.1) is 11.6 Å². The molecule has 0 spiro atoms.